The third-order valence-corrected chi connectivity index (χ3v) is 4.55. The highest BCUT2D eigenvalue weighted by atomic mass is 16.5. The van der Waals surface area contributed by atoms with Gasteiger partial charge in [0, 0.05) is 12.2 Å². The maximum atomic E-state index is 12.0. The second-order valence-corrected chi connectivity index (χ2v) is 6.61. The summed E-state index contributed by atoms with van der Waals surface area (Å²) in [6.45, 7) is 0.759. The van der Waals surface area contributed by atoms with E-state index in [1.54, 1.807) is 7.11 Å². The standard InChI is InChI=1S/C24H26N2O3/c1-28-22-14-12-21(13-15-22)26-23(20-10-6-3-7-11-20)16-17-25-24(27)29-18-19-8-4-2-5-9-19/h2-15,23,26H,16-18H2,1H3,(H,25,27)/t23-/m0/s1. The summed E-state index contributed by atoms with van der Waals surface area (Å²) in [4.78, 5) is 12.0. The fourth-order valence-corrected chi connectivity index (χ4v) is 2.99. The summed E-state index contributed by atoms with van der Waals surface area (Å²) < 4.78 is 10.5. The Morgan fingerprint density at radius 1 is 0.897 bits per heavy atom. The lowest BCUT2D eigenvalue weighted by molar-refractivity contribution is 0.139. The van der Waals surface area contributed by atoms with E-state index in [9.17, 15) is 4.79 Å². The fourth-order valence-electron chi connectivity index (χ4n) is 2.99. The molecule has 0 fully saturated rings. The molecule has 150 valence electrons. The number of rotatable bonds is 9. The Kier molecular flexibility index (Phi) is 7.52. The van der Waals surface area contributed by atoms with Gasteiger partial charge in [-0.3, -0.25) is 0 Å². The molecule has 3 aromatic carbocycles. The van der Waals surface area contributed by atoms with Crippen LogP contribution in [0, 0.1) is 0 Å². The van der Waals surface area contributed by atoms with Gasteiger partial charge in [-0.2, -0.15) is 0 Å². The maximum absolute atomic E-state index is 12.0. The van der Waals surface area contributed by atoms with Crippen molar-refractivity contribution in [3.8, 4) is 5.75 Å². The minimum Gasteiger partial charge on any atom is -0.497 e. The Morgan fingerprint density at radius 3 is 2.21 bits per heavy atom. The summed E-state index contributed by atoms with van der Waals surface area (Å²) in [5, 5.41) is 6.37. The summed E-state index contributed by atoms with van der Waals surface area (Å²) in [5.41, 5.74) is 3.11. The first-order chi connectivity index (χ1) is 14.2. The first-order valence-electron chi connectivity index (χ1n) is 9.64. The molecule has 0 radical (unpaired) electrons. The maximum Gasteiger partial charge on any atom is 0.407 e. The molecule has 2 N–H and O–H groups in total. The first-order valence-corrected chi connectivity index (χ1v) is 9.64. The van der Waals surface area contributed by atoms with Crippen LogP contribution in [0.4, 0.5) is 10.5 Å². The van der Waals surface area contributed by atoms with Crippen LogP contribution in [-0.4, -0.2) is 19.7 Å². The van der Waals surface area contributed by atoms with E-state index in [0.717, 1.165) is 29.0 Å². The minimum absolute atomic E-state index is 0.0546. The third kappa shape index (κ3) is 6.57. The lowest BCUT2D eigenvalue weighted by Crippen LogP contribution is -2.27. The molecule has 0 bridgehead atoms. The molecule has 0 saturated heterocycles. The molecule has 0 aliphatic heterocycles. The largest absolute Gasteiger partial charge is 0.497 e. The van der Waals surface area contributed by atoms with Crippen LogP contribution in [0.1, 0.15) is 23.6 Å². The van der Waals surface area contributed by atoms with Gasteiger partial charge in [0.1, 0.15) is 12.4 Å². The number of carbonyl (C=O) groups excluding carboxylic acids is 1. The number of hydrogen-bond acceptors (Lipinski definition) is 4. The van der Waals surface area contributed by atoms with Crippen molar-refractivity contribution in [1.82, 2.24) is 5.32 Å². The Morgan fingerprint density at radius 2 is 1.55 bits per heavy atom. The molecular weight excluding hydrogens is 364 g/mol. The van der Waals surface area contributed by atoms with Crippen molar-refractivity contribution in [2.75, 3.05) is 19.0 Å². The van der Waals surface area contributed by atoms with Crippen LogP contribution in [0.3, 0.4) is 0 Å². The Bertz CT molecular complexity index is 868. The van der Waals surface area contributed by atoms with Crippen LogP contribution in [0.15, 0.2) is 84.9 Å². The number of nitrogens with one attached hydrogen (secondary N) is 2. The van der Waals surface area contributed by atoms with Crippen LogP contribution < -0.4 is 15.4 Å². The van der Waals surface area contributed by atoms with E-state index in [4.69, 9.17) is 9.47 Å². The van der Waals surface area contributed by atoms with E-state index >= 15 is 0 Å². The molecule has 0 saturated carbocycles. The number of benzene rings is 3. The van der Waals surface area contributed by atoms with Gasteiger partial charge in [0.2, 0.25) is 0 Å². The highest BCUT2D eigenvalue weighted by molar-refractivity contribution is 5.67. The number of alkyl carbamates (subject to hydrolysis) is 1. The molecular formula is C24H26N2O3. The zero-order chi connectivity index (χ0) is 20.3. The summed E-state index contributed by atoms with van der Waals surface area (Å²) >= 11 is 0. The molecule has 0 aliphatic carbocycles. The van der Waals surface area contributed by atoms with E-state index < -0.39 is 6.09 Å². The Hall–Kier alpha value is -3.47. The average molecular weight is 390 g/mol. The highest BCUT2D eigenvalue weighted by Crippen LogP contribution is 2.24. The van der Waals surface area contributed by atoms with Crippen molar-refractivity contribution < 1.29 is 14.3 Å². The number of amides is 1. The van der Waals surface area contributed by atoms with Crippen molar-refractivity contribution in [2.45, 2.75) is 19.1 Å². The van der Waals surface area contributed by atoms with Gasteiger partial charge in [0.15, 0.2) is 0 Å². The summed E-state index contributed by atoms with van der Waals surface area (Å²) in [5.74, 6) is 0.814. The van der Waals surface area contributed by atoms with Crippen molar-refractivity contribution in [1.29, 1.82) is 0 Å². The molecule has 3 rings (SSSR count). The van der Waals surface area contributed by atoms with Crippen molar-refractivity contribution in [3.63, 3.8) is 0 Å². The predicted octanol–water partition coefficient (Wildman–Crippen LogP) is 5.16. The second-order valence-electron chi connectivity index (χ2n) is 6.61. The highest BCUT2D eigenvalue weighted by Gasteiger charge is 2.12. The summed E-state index contributed by atoms with van der Waals surface area (Å²) in [6.07, 6.45) is 0.307. The van der Waals surface area contributed by atoms with Gasteiger partial charge in [-0.1, -0.05) is 60.7 Å². The summed E-state index contributed by atoms with van der Waals surface area (Å²) in [6, 6.07) is 27.7. The molecule has 29 heavy (non-hydrogen) atoms. The zero-order valence-corrected chi connectivity index (χ0v) is 16.5. The van der Waals surface area contributed by atoms with E-state index in [1.807, 2.05) is 72.8 Å². The fraction of sp³-hybridized carbons (Fsp3) is 0.208. The third-order valence-electron chi connectivity index (χ3n) is 4.55. The molecule has 5 heteroatoms. The molecule has 0 spiro atoms. The van der Waals surface area contributed by atoms with Crippen LogP contribution in [0.2, 0.25) is 0 Å². The topological polar surface area (TPSA) is 59.6 Å². The van der Waals surface area contributed by atoms with Gasteiger partial charge in [0.25, 0.3) is 0 Å². The van der Waals surface area contributed by atoms with Gasteiger partial charge < -0.3 is 20.1 Å². The normalized spacial score (nSPS) is 11.3. The van der Waals surface area contributed by atoms with Crippen LogP contribution >= 0.6 is 0 Å². The molecule has 0 unspecified atom stereocenters. The first kappa shape index (κ1) is 20.3. The van der Waals surface area contributed by atoms with E-state index in [1.165, 1.54) is 0 Å². The van der Waals surface area contributed by atoms with Crippen LogP contribution in [0.5, 0.6) is 5.75 Å². The SMILES string of the molecule is COc1ccc(N[C@@H](CCNC(=O)OCc2ccccc2)c2ccccc2)cc1. The summed E-state index contributed by atoms with van der Waals surface area (Å²) in [7, 11) is 1.65. The lowest BCUT2D eigenvalue weighted by atomic mass is 10.0. The lowest BCUT2D eigenvalue weighted by Gasteiger charge is -2.21. The van der Waals surface area contributed by atoms with Gasteiger partial charge in [0.05, 0.1) is 13.2 Å². The van der Waals surface area contributed by atoms with Crippen molar-refractivity contribution in [2.24, 2.45) is 0 Å². The number of ether oxygens (including phenoxy) is 2. The molecule has 3 aromatic rings. The van der Waals surface area contributed by atoms with E-state index in [2.05, 4.69) is 22.8 Å². The Labute approximate surface area is 171 Å². The smallest absolute Gasteiger partial charge is 0.407 e. The van der Waals surface area contributed by atoms with E-state index in [0.29, 0.717) is 6.54 Å². The van der Waals surface area contributed by atoms with Gasteiger partial charge in [-0.05, 0) is 41.8 Å². The molecule has 1 amide bonds. The second kappa shape index (κ2) is 10.8. The van der Waals surface area contributed by atoms with E-state index in [-0.39, 0.29) is 12.6 Å². The Balaban J connectivity index is 1.53. The quantitative estimate of drug-likeness (QED) is 0.529. The van der Waals surface area contributed by atoms with Crippen LogP contribution in [0.25, 0.3) is 0 Å². The monoisotopic (exact) mass is 390 g/mol. The van der Waals surface area contributed by atoms with Crippen molar-refractivity contribution in [3.05, 3.63) is 96.1 Å². The van der Waals surface area contributed by atoms with Crippen LogP contribution in [-0.2, 0) is 11.3 Å². The number of hydrogen-bond donors (Lipinski definition) is 2. The van der Waals surface area contributed by atoms with Gasteiger partial charge in [-0.25, -0.2) is 4.79 Å². The number of carbonyl (C=O) groups is 1. The average Bonchev–Trinajstić information content (AvgIpc) is 2.79. The predicted molar refractivity (Wildman–Crippen MR) is 115 cm³/mol. The van der Waals surface area contributed by atoms with Gasteiger partial charge in [-0.15, -0.1) is 0 Å². The van der Waals surface area contributed by atoms with Gasteiger partial charge >= 0.3 is 6.09 Å². The zero-order valence-electron chi connectivity index (χ0n) is 16.5. The number of anilines is 1. The van der Waals surface area contributed by atoms with Crippen molar-refractivity contribution >= 4 is 11.8 Å². The molecule has 0 aliphatic rings. The molecule has 0 heterocycles. The molecule has 0 aromatic heterocycles. The minimum atomic E-state index is -0.412. The number of methoxy groups -OCH3 is 1. The molecule has 1 atom stereocenters. The molecule has 5 nitrogen and oxygen atoms in total.